The molecule has 1 N–H and O–H groups in total. The molecule has 0 aliphatic rings. The van der Waals surface area contributed by atoms with E-state index in [9.17, 15) is 22.8 Å². The minimum absolute atomic E-state index is 0.128. The average molecular weight is 415 g/mol. The van der Waals surface area contributed by atoms with E-state index >= 15 is 0 Å². The highest BCUT2D eigenvalue weighted by atomic mass is 19.4. The number of hydrogen-bond donors (Lipinski definition) is 1. The number of carbonyl (C=O) groups excluding carboxylic acids is 2. The Bertz CT molecular complexity index is 1020. The number of esters is 1. The van der Waals surface area contributed by atoms with Gasteiger partial charge in [-0.15, -0.1) is 0 Å². The van der Waals surface area contributed by atoms with Gasteiger partial charge in [-0.1, -0.05) is 30.3 Å². The van der Waals surface area contributed by atoms with Gasteiger partial charge in [0.15, 0.2) is 6.61 Å². The van der Waals surface area contributed by atoms with Crippen molar-refractivity contribution in [3.8, 4) is 11.5 Å². The molecule has 0 spiro atoms. The number of halogens is 3. The first-order chi connectivity index (χ1) is 14.3. The number of benzene rings is 3. The van der Waals surface area contributed by atoms with E-state index < -0.39 is 30.2 Å². The van der Waals surface area contributed by atoms with E-state index in [0.717, 1.165) is 24.3 Å². The zero-order chi connectivity index (χ0) is 21.6. The van der Waals surface area contributed by atoms with Crippen LogP contribution in [0.25, 0.3) is 0 Å². The lowest BCUT2D eigenvalue weighted by atomic mass is 10.2. The van der Waals surface area contributed by atoms with Gasteiger partial charge in [0.1, 0.15) is 17.1 Å². The Morgan fingerprint density at radius 1 is 0.833 bits per heavy atom. The van der Waals surface area contributed by atoms with Gasteiger partial charge in [0.25, 0.3) is 5.91 Å². The molecule has 8 heteroatoms. The molecule has 154 valence electrons. The zero-order valence-corrected chi connectivity index (χ0v) is 15.5. The van der Waals surface area contributed by atoms with Gasteiger partial charge in [0.2, 0.25) is 0 Å². The second-order valence-electron chi connectivity index (χ2n) is 6.11. The third-order valence-electron chi connectivity index (χ3n) is 3.91. The summed E-state index contributed by atoms with van der Waals surface area (Å²) in [5, 5.41) is 2.37. The number of amides is 1. The fraction of sp³-hybridized carbons (Fsp3) is 0.0909. The van der Waals surface area contributed by atoms with E-state index in [0.29, 0.717) is 5.75 Å². The van der Waals surface area contributed by atoms with E-state index in [4.69, 9.17) is 9.47 Å². The molecular formula is C22H16F3NO4. The van der Waals surface area contributed by atoms with Gasteiger partial charge in [-0.25, -0.2) is 4.79 Å². The zero-order valence-electron chi connectivity index (χ0n) is 15.5. The molecule has 0 aliphatic heterocycles. The van der Waals surface area contributed by atoms with Crippen LogP contribution < -0.4 is 10.1 Å². The largest absolute Gasteiger partial charge is 0.456 e. The topological polar surface area (TPSA) is 64.6 Å². The summed E-state index contributed by atoms with van der Waals surface area (Å²) in [5.74, 6) is -0.677. The number of alkyl halides is 3. The van der Waals surface area contributed by atoms with Gasteiger partial charge in [0.05, 0.1) is 5.56 Å². The van der Waals surface area contributed by atoms with E-state index in [1.165, 1.54) is 6.07 Å². The molecule has 0 saturated carbocycles. The highest BCUT2D eigenvalue weighted by Crippen LogP contribution is 2.30. The Morgan fingerprint density at radius 2 is 1.47 bits per heavy atom. The van der Waals surface area contributed by atoms with Crippen molar-refractivity contribution in [1.82, 2.24) is 0 Å². The maximum Gasteiger partial charge on any atom is 0.416 e. The van der Waals surface area contributed by atoms with Crippen LogP contribution >= 0.6 is 0 Å². The van der Waals surface area contributed by atoms with E-state index in [2.05, 4.69) is 5.32 Å². The van der Waals surface area contributed by atoms with Crippen LogP contribution in [-0.2, 0) is 15.7 Å². The Balaban J connectivity index is 1.58. The first-order valence-electron chi connectivity index (χ1n) is 8.79. The molecule has 3 aromatic carbocycles. The maximum absolute atomic E-state index is 12.6. The van der Waals surface area contributed by atoms with E-state index in [1.807, 2.05) is 6.07 Å². The molecule has 0 radical (unpaired) electrons. The number of hydrogen-bond acceptors (Lipinski definition) is 4. The molecule has 0 unspecified atom stereocenters. The lowest BCUT2D eigenvalue weighted by Crippen LogP contribution is -2.21. The van der Waals surface area contributed by atoms with Gasteiger partial charge >= 0.3 is 12.1 Å². The Morgan fingerprint density at radius 3 is 2.13 bits per heavy atom. The van der Waals surface area contributed by atoms with Crippen LogP contribution in [0.4, 0.5) is 18.9 Å². The average Bonchev–Trinajstić information content (AvgIpc) is 2.73. The van der Waals surface area contributed by atoms with Crippen molar-refractivity contribution in [3.63, 3.8) is 0 Å². The van der Waals surface area contributed by atoms with Crippen molar-refractivity contribution in [1.29, 1.82) is 0 Å². The van der Waals surface area contributed by atoms with Crippen molar-refractivity contribution >= 4 is 17.6 Å². The highest BCUT2D eigenvalue weighted by molar-refractivity contribution is 5.96. The molecule has 3 rings (SSSR count). The molecule has 0 fully saturated rings. The second kappa shape index (κ2) is 9.13. The summed E-state index contributed by atoms with van der Waals surface area (Å²) in [6.45, 7) is -0.612. The molecule has 0 atom stereocenters. The Hall–Kier alpha value is -3.81. The van der Waals surface area contributed by atoms with Crippen molar-refractivity contribution in [2.45, 2.75) is 6.18 Å². The molecule has 0 saturated heterocycles. The predicted octanol–water partition coefficient (Wildman–Crippen LogP) is 5.29. The summed E-state index contributed by atoms with van der Waals surface area (Å²) in [6, 6.07) is 19.1. The molecule has 0 aliphatic carbocycles. The van der Waals surface area contributed by atoms with Crippen LogP contribution in [0.3, 0.4) is 0 Å². The SMILES string of the molecule is O=C(COC(=O)c1ccccc1Oc1ccccc1)Nc1ccc(C(F)(F)F)cc1. The number of nitrogens with one attached hydrogen (secondary N) is 1. The number of anilines is 1. The lowest BCUT2D eigenvalue weighted by Gasteiger charge is -2.11. The third kappa shape index (κ3) is 5.60. The van der Waals surface area contributed by atoms with Crippen LogP contribution in [0.5, 0.6) is 11.5 Å². The fourth-order valence-electron chi connectivity index (χ4n) is 2.49. The van der Waals surface area contributed by atoms with Crippen molar-refractivity contribution in [2.75, 3.05) is 11.9 Å². The lowest BCUT2D eigenvalue weighted by molar-refractivity contribution is -0.137. The maximum atomic E-state index is 12.6. The number of para-hydroxylation sites is 2. The summed E-state index contributed by atoms with van der Waals surface area (Å²) in [4.78, 5) is 24.3. The summed E-state index contributed by atoms with van der Waals surface area (Å²) in [7, 11) is 0. The van der Waals surface area contributed by atoms with Crippen LogP contribution in [0, 0.1) is 0 Å². The van der Waals surface area contributed by atoms with Gasteiger partial charge in [-0.2, -0.15) is 13.2 Å². The number of carbonyl (C=O) groups is 2. The molecule has 5 nitrogen and oxygen atoms in total. The van der Waals surface area contributed by atoms with Crippen LogP contribution in [0.1, 0.15) is 15.9 Å². The van der Waals surface area contributed by atoms with E-state index in [1.54, 1.807) is 42.5 Å². The minimum Gasteiger partial charge on any atom is -0.456 e. The predicted molar refractivity (Wildman–Crippen MR) is 103 cm³/mol. The number of ether oxygens (including phenoxy) is 2. The molecule has 0 bridgehead atoms. The van der Waals surface area contributed by atoms with Gasteiger partial charge in [0, 0.05) is 5.69 Å². The quantitative estimate of drug-likeness (QED) is 0.556. The van der Waals surface area contributed by atoms with Gasteiger partial charge < -0.3 is 14.8 Å². The Kier molecular flexibility index (Phi) is 6.36. The van der Waals surface area contributed by atoms with Crippen molar-refractivity contribution < 1.29 is 32.2 Å². The van der Waals surface area contributed by atoms with Crippen LogP contribution in [0.15, 0.2) is 78.9 Å². The summed E-state index contributed by atoms with van der Waals surface area (Å²) in [6.07, 6.45) is -4.46. The van der Waals surface area contributed by atoms with Crippen LogP contribution in [-0.4, -0.2) is 18.5 Å². The number of rotatable bonds is 6. The molecule has 3 aromatic rings. The molecule has 30 heavy (non-hydrogen) atoms. The summed E-state index contributed by atoms with van der Waals surface area (Å²) < 4.78 is 48.4. The molecule has 0 aromatic heterocycles. The van der Waals surface area contributed by atoms with Gasteiger partial charge in [-0.05, 0) is 48.5 Å². The Labute approximate surface area is 170 Å². The first kappa shape index (κ1) is 20.9. The van der Waals surface area contributed by atoms with Crippen molar-refractivity contribution in [2.24, 2.45) is 0 Å². The smallest absolute Gasteiger partial charge is 0.416 e. The highest BCUT2D eigenvalue weighted by Gasteiger charge is 2.30. The summed E-state index contributed by atoms with van der Waals surface area (Å²) >= 11 is 0. The normalized spacial score (nSPS) is 10.9. The van der Waals surface area contributed by atoms with E-state index in [-0.39, 0.29) is 17.0 Å². The monoisotopic (exact) mass is 415 g/mol. The standard InChI is InChI=1S/C22H16F3NO4/c23-22(24,25)15-10-12-16(13-11-15)26-20(27)14-29-21(28)18-8-4-5-9-19(18)30-17-6-2-1-3-7-17/h1-13H,14H2,(H,26,27). The van der Waals surface area contributed by atoms with Crippen molar-refractivity contribution in [3.05, 3.63) is 90.0 Å². The van der Waals surface area contributed by atoms with Gasteiger partial charge in [-0.3, -0.25) is 4.79 Å². The molecule has 0 heterocycles. The van der Waals surface area contributed by atoms with Crippen LogP contribution in [0.2, 0.25) is 0 Å². The minimum atomic E-state index is -4.46. The second-order valence-corrected chi connectivity index (χ2v) is 6.11. The molecular weight excluding hydrogens is 399 g/mol. The summed E-state index contributed by atoms with van der Waals surface area (Å²) in [5.41, 5.74) is -0.553. The third-order valence-corrected chi connectivity index (χ3v) is 3.91. The first-order valence-corrected chi connectivity index (χ1v) is 8.79. The fourth-order valence-corrected chi connectivity index (χ4v) is 2.49. The molecule has 1 amide bonds.